The number of para-hydroxylation sites is 1. The number of alkyl halides is 3. The van der Waals surface area contributed by atoms with E-state index in [0.29, 0.717) is 6.07 Å². The molecular formula is C24H23F3N4O7S2. The molecule has 0 saturated carbocycles. The summed E-state index contributed by atoms with van der Waals surface area (Å²) in [6.45, 7) is 1.44. The number of primary amides is 1. The van der Waals surface area contributed by atoms with Crippen molar-refractivity contribution in [3.05, 3.63) is 52.0 Å². The van der Waals surface area contributed by atoms with Gasteiger partial charge in [-0.05, 0) is 37.1 Å². The lowest BCUT2D eigenvalue weighted by molar-refractivity contribution is -0.141. The van der Waals surface area contributed by atoms with Gasteiger partial charge in [0.25, 0.3) is 5.91 Å². The van der Waals surface area contributed by atoms with E-state index in [1.54, 1.807) is 6.07 Å². The van der Waals surface area contributed by atoms with Gasteiger partial charge in [0.2, 0.25) is 20.9 Å². The molecule has 0 bridgehead atoms. The lowest BCUT2D eigenvalue weighted by atomic mass is 10.1. The van der Waals surface area contributed by atoms with Crippen molar-refractivity contribution in [2.24, 2.45) is 5.73 Å². The predicted molar refractivity (Wildman–Crippen MR) is 138 cm³/mol. The fourth-order valence-electron chi connectivity index (χ4n) is 3.59. The zero-order valence-corrected chi connectivity index (χ0v) is 22.9. The van der Waals surface area contributed by atoms with Crippen molar-refractivity contribution in [2.45, 2.75) is 31.1 Å². The summed E-state index contributed by atoms with van der Waals surface area (Å²) in [6, 6.07) is 6.61. The number of sulfone groups is 1. The van der Waals surface area contributed by atoms with Crippen LogP contribution >= 0.6 is 11.3 Å². The van der Waals surface area contributed by atoms with Crippen molar-refractivity contribution >= 4 is 44.0 Å². The van der Waals surface area contributed by atoms with E-state index in [-0.39, 0.29) is 44.4 Å². The van der Waals surface area contributed by atoms with Crippen LogP contribution in [0.4, 0.5) is 18.2 Å². The summed E-state index contributed by atoms with van der Waals surface area (Å²) in [5.41, 5.74) is 3.77. The number of benzene rings is 1. The Bertz CT molecular complexity index is 1570. The molecule has 0 aliphatic rings. The number of thiophene rings is 1. The third-order valence-corrected chi connectivity index (χ3v) is 8.27. The normalized spacial score (nSPS) is 11.7. The van der Waals surface area contributed by atoms with E-state index >= 15 is 0 Å². The van der Waals surface area contributed by atoms with Crippen LogP contribution in [-0.4, -0.2) is 56.1 Å². The van der Waals surface area contributed by atoms with Crippen molar-refractivity contribution < 1.29 is 45.4 Å². The number of esters is 1. The summed E-state index contributed by atoms with van der Waals surface area (Å²) in [7, 11) is -2.07. The van der Waals surface area contributed by atoms with Crippen LogP contribution in [0.25, 0.3) is 11.3 Å². The standard InChI is InChI=1S/C24H23F3N4O7S2/c1-12-18(22(34)38-3)21(39-19(12)20(28)33)31-17(32)9-6-10-40(35,36)23-29-14(11-16(30-23)24(25,26)27)13-7-4-5-8-15(13)37-2/h4-5,7-8,11H,6,9-10H2,1-3H3,(H2,28,33)(H,31,32). The first-order valence-electron chi connectivity index (χ1n) is 11.3. The molecule has 0 unspecified atom stereocenters. The summed E-state index contributed by atoms with van der Waals surface area (Å²) in [4.78, 5) is 43.4. The molecule has 0 saturated heterocycles. The van der Waals surface area contributed by atoms with E-state index in [1.165, 1.54) is 32.2 Å². The van der Waals surface area contributed by atoms with E-state index in [1.807, 2.05) is 0 Å². The van der Waals surface area contributed by atoms with Crippen molar-refractivity contribution in [3.63, 3.8) is 0 Å². The summed E-state index contributed by atoms with van der Waals surface area (Å²) in [5, 5.41) is 1.34. The molecule has 16 heteroatoms. The van der Waals surface area contributed by atoms with Crippen LogP contribution in [0.3, 0.4) is 0 Å². The maximum atomic E-state index is 13.6. The predicted octanol–water partition coefficient (Wildman–Crippen LogP) is 3.62. The van der Waals surface area contributed by atoms with Gasteiger partial charge >= 0.3 is 12.1 Å². The average Bonchev–Trinajstić information content (AvgIpc) is 3.22. The van der Waals surface area contributed by atoms with Gasteiger partial charge in [-0.3, -0.25) is 9.59 Å². The number of nitrogens with zero attached hydrogens (tertiary/aromatic N) is 2. The molecule has 11 nitrogen and oxygen atoms in total. The van der Waals surface area contributed by atoms with Crippen LogP contribution in [0.15, 0.2) is 35.5 Å². The molecule has 2 amide bonds. The molecule has 3 aromatic rings. The molecule has 3 N–H and O–H groups in total. The molecule has 0 spiro atoms. The highest BCUT2D eigenvalue weighted by Crippen LogP contribution is 2.35. The lowest BCUT2D eigenvalue weighted by Crippen LogP contribution is -2.18. The molecule has 0 aliphatic carbocycles. The minimum Gasteiger partial charge on any atom is -0.496 e. The molecule has 2 heterocycles. The monoisotopic (exact) mass is 600 g/mol. The number of nitrogens with two attached hydrogens (primary N) is 1. The van der Waals surface area contributed by atoms with Gasteiger partial charge in [-0.15, -0.1) is 11.3 Å². The first kappa shape index (κ1) is 30.5. The first-order chi connectivity index (χ1) is 18.7. The van der Waals surface area contributed by atoms with Gasteiger partial charge in [-0.2, -0.15) is 13.2 Å². The lowest BCUT2D eigenvalue weighted by Gasteiger charge is -2.13. The fourth-order valence-corrected chi connectivity index (χ4v) is 5.84. The van der Waals surface area contributed by atoms with Crippen molar-refractivity contribution in [2.75, 3.05) is 25.3 Å². The van der Waals surface area contributed by atoms with Gasteiger partial charge in [0, 0.05) is 12.0 Å². The molecule has 0 atom stereocenters. The van der Waals surface area contributed by atoms with Crippen LogP contribution in [-0.2, 0) is 25.5 Å². The van der Waals surface area contributed by atoms with E-state index in [4.69, 9.17) is 10.5 Å². The highest BCUT2D eigenvalue weighted by molar-refractivity contribution is 7.91. The molecule has 2 aromatic heterocycles. The second kappa shape index (κ2) is 12.0. The number of nitrogens with one attached hydrogen (secondary N) is 1. The number of halogens is 3. The van der Waals surface area contributed by atoms with Crippen molar-refractivity contribution in [1.29, 1.82) is 0 Å². The minimum absolute atomic E-state index is 0.0193. The van der Waals surface area contributed by atoms with Crippen LogP contribution in [0, 0.1) is 6.92 Å². The van der Waals surface area contributed by atoms with Gasteiger partial charge in [-0.1, -0.05) is 12.1 Å². The molecule has 0 fully saturated rings. The van der Waals surface area contributed by atoms with Crippen molar-refractivity contribution in [3.8, 4) is 17.0 Å². The highest BCUT2D eigenvalue weighted by Gasteiger charge is 2.36. The zero-order valence-electron chi connectivity index (χ0n) is 21.3. The second-order valence-electron chi connectivity index (χ2n) is 8.21. The Labute approximate surface area is 230 Å². The Balaban J connectivity index is 1.82. The molecule has 3 rings (SSSR count). The van der Waals surface area contributed by atoms with E-state index in [2.05, 4.69) is 20.0 Å². The Hall–Kier alpha value is -4.05. The Kier molecular flexibility index (Phi) is 9.14. The fraction of sp³-hybridized carbons (Fsp3) is 0.292. The molecule has 214 valence electrons. The largest absolute Gasteiger partial charge is 0.496 e. The van der Waals surface area contributed by atoms with Crippen molar-refractivity contribution in [1.82, 2.24) is 9.97 Å². The van der Waals surface area contributed by atoms with Crippen LogP contribution < -0.4 is 15.8 Å². The molecule has 0 radical (unpaired) electrons. The minimum atomic E-state index is -4.97. The topological polar surface area (TPSA) is 168 Å². The number of hydrogen-bond acceptors (Lipinski definition) is 10. The maximum absolute atomic E-state index is 13.6. The SMILES string of the molecule is COC(=O)c1c(NC(=O)CCCS(=O)(=O)c2nc(-c3ccccc3OC)cc(C(F)(F)F)n2)sc(C(N)=O)c1C. The Morgan fingerprint density at radius 3 is 2.40 bits per heavy atom. The summed E-state index contributed by atoms with van der Waals surface area (Å²) in [5.74, 6) is -2.96. The van der Waals surface area contributed by atoms with Gasteiger partial charge in [0.05, 0.1) is 36.1 Å². The van der Waals surface area contributed by atoms with Gasteiger partial charge < -0.3 is 20.5 Å². The van der Waals surface area contributed by atoms with E-state index in [0.717, 1.165) is 18.4 Å². The number of aromatic nitrogens is 2. The van der Waals surface area contributed by atoms with E-state index < -0.39 is 56.8 Å². The van der Waals surface area contributed by atoms with Gasteiger partial charge in [0.1, 0.15) is 16.4 Å². The molecule has 0 aliphatic heterocycles. The average molecular weight is 601 g/mol. The number of methoxy groups -OCH3 is 2. The molecule has 1 aromatic carbocycles. The highest BCUT2D eigenvalue weighted by atomic mass is 32.2. The van der Waals surface area contributed by atoms with Gasteiger partial charge in [-0.25, -0.2) is 23.2 Å². The van der Waals surface area contributed by atoms with Gasteiger partial charge in [0.15, 0.2) is 0 Å². The van der Waals surface area contributed by atoms with Crippen LogP contribution in [0.5, 0.6) is 5.75 Å². The summed E-state index contributed by atoms with van der Waals surface area (Å²) < 4.78 is 76.4. The Morgan fingerprint density at radius 2 is 1.80 bits per heavy atom. The van der Waals surface area contributed by atoms with E-state index in [9.17, 15) is 36.0 Å². The second-order valence-corrected chi connectivity index (χ2v) is 11.2. The van der Waals surface area contributed by atoms with Crippen LogP contribution in [0.1, 0.15) is 44.1 Å². The maximum Gasteiger partial charge on any atom is 0.433 e. The third kappa shape index (κ3) is 6.74. The summed E-state index contributed by atoms with van der Waals surface area (Å²) in [6.07, 6.45) is -5.69. The number of carbonyl (C=O) groups excluding carboxylic acids is 3. The molecular weight excluding hydrogens is 577 g/mol. The number of anilines is 1. The third-order valence-electron chi connectivity index (χ3n) is 5.49. The zero-order chi connectivity index (χ0) is 29.8. The smallest absolute Gasteiger partial charge is 0.433 e. The number of hydrogen-bond donors (Lipinski definition) is 2. The Morgan fingerprint density at radius 1 is 1.12 bits per heavy atom. The number of amides is 2. The number of carbonyl (C=O) groups is 3. The number of ether oxygens (including phenoxy) is 2. The molecule has 40 heavy (non-hydrogen) atoms. The summed E-state index contributed by atoms with van der Waals surface area (Å²) >= 11 is 0.746. The number of rotatable bonds is 10. The quantitative estimate of drug-likeness (QED) is 0.261. The first-order valence-corrected chi connectivity index (χ1v) is 13.8. The van der Waals surface area contributed by atoms with Crippen LogP contribution in [0.2, 0.25) is 0 Å².